The minimum atomic E-state index is 0.596. The van der Waals surface area contributed by atoms with Crippen LogP contribution in [0.15, 0.2) is 54.4 Å². The monoisotopic (exact) mass is 308 g/mol. The van der Waals surface area contributed by atoms with E-state index in [1.54, 1.807) is 11.3 Å². The van der Waals surface area contributed by atoms with Crippen molar-refractivity contribution in [1.29, 1.82) is 0 Å². The summed E-state index contributed by atoms with van der Waals surface area (Å²) in [5.41, 5.74) is 4.73. The van der Waals surface area contributed by atoms with Crippen LogP contribution < -0.4 is 4.74 Å². The van der Waals surface area contributed by atoms with Crippen LogP contribution in [0.2, 0.25) is 0 Å². The number of allylic oxidation sites excluding steroid dienone is 1. The highest BCUT2D eigenvalue weighted by Gasteiger charge is 2.09. The smallest absolute Gasteiger partial charge is 0.123 e. The van der Waals surface area contributed by atoms with Gasteiger partial charge in [-0.1, -0.05) is 37.3 Å². The first-order valence-corrected chi connectivity index (χ1v) is 8.43. The van der Waals surface area contributed by atoms with Crippen molar-refractivity contribution < 1.29 is 4.74 Å². The third kappa shape index (κ3) is 2.93. The molecule has 22 heavy (non-hydrogen) atoms. The van der Waals surface area contributed by atoms with Gasteiger partial charge in [-0.15, -0.1) is 11.3 Å². The highest BCUT2D eigenvalue weighted by molar-refractivity contribution is 7.17. The van der Waals surface area contributed by atoms with Gasteiger partial charge in [0.25, 0.3) is 0 Å². The maximum atomic E-state index is 6.09. The Bertz CT molecular complexity index is 813. The first-order chi connectivity index (χ1) is 10.7. The summed E-state index contributed by atoms with van der Waals surface area (Å²) in [7, 11) is 0. The van der Waals surface area contributed by atoms with Gasteiger partial charge in [0.1, 0.15) is 12.4 Å². The molecule has 0 bridgehead atoms. The molecule has 2 heteroatoms. The van der Waals surface area contributed by atoms with Gasteiger partial charge in [-0.3, -0.25) is 0 Å². The van der Waals surface area contributed by atoms with E-state index in [-0.39, 0.29) is 0 Å². The third-order valence-electron chi connectivity index (χ3n) is 3.86. The van der Waals surface area contributed by atoms with Crippen molar-refractivity contribution in [2.75, 3.05) is 0 Å². The zero-order valence-electron chi connectivity index (χ0n) is 13.1. The zero-order valence-corrected chi connectivity index (χ0v) is 13.9. The first kappa shape index (κ1) is 14.9. The number of fused-ring (bicyclic) bond motifs is 1. The summed E-state index contributed by atoms with van der Waals surface area (Å²) >= 11 is 1.77. The molecule has 0 aliphatic carbocycles. The highest BCUT2D eigenvalue weighted by atomic mass is 32.1. The van der Waals surface area contributed by atoms with E-state index in [1.807, 2.05) is 19.1 Å². The lowest BCUT2D eigenvalue weighted by atomic mass is 9.99. The van der Waals surface area contributed by atoms with E-state index in [1.165, 1.54) is 26.8 Å². The van der Waals surface area contributed by atoms with Crippen LogP contribution in [0.3, 0.4) is 0 Å². The molecule has 1 heterocycles. The summed E-state index contributed by atoms with van der Waals surface area (Å²) < 4.78 is 7.41. The Hall–Kier alpha value is -2.06. The Morgan fingerprint density at radius 2 is 2.05 bits per heavy atom. The van der Waals surface area contributed by atoms with Gasteiger partial charge in [-0.05, 0) is 59.5 Å². The van der Waals surface area contributed by atoms with Gasteiger partial charge < -0.3 is 4.74 Å². The van der Waals surface area contributed by atoms with Gasteiger partial charge >= 0.3 is 0 Å². The van der Waals surface area contributed by atoms with E-state index in [0.717, 1.165) is 17.7 Å². The van der Waals surface area contributed by atoms with Crippen LogP contribution in [-0.4, -0.2) is 0 Å². The minimum absolute atomic E-state index is 0.596. The molecule has 0 spiro atoms. The van der Waals surface area contributed by atoms with Gasteiger partial charge in [0.15, 0.2) is 0 Å². The van der Waals surface area contributed by atoms with Crippen molar-refractivity contribution in [1.82, 2.24) is 0 Å². The van der Waals surface area contributed by atoms with Gasteiger partial charge in [0, 0.05) is 10.3 Å². The Morgan fingerprint density at radius 1 is 1.18 bits per heavy atom. The molecule has 3 aromatic rings. The van der Waals surface area contributed by atoms with Crippen molar-refractivity contribution in [2.24, 2.45) is 0 Å². The molecule has 2 aromatic carbocycles. The molecule has 0 amide bonds. The fraction of sp³-hybridized carbons (Fsp3) is 0.200. The molecule has 0 atom stereocenters. The molecule has 0 N–H and O–H groups in total. The fourth-order valence-corrected chi connectivity index (χ4v) is 3.50. The minimum Gasteiger partial charge on any atom is -0.489 e. The molecule has 0 unspecified atom stereocenters. The maximum absolute atomic E-state index is 6.09. The number of ether oxygens (including phenoxy) is 1. The summed E-state index contributed by atoms with van der Waals surface area (Å²) in [6.45, 7) is 8.87. The second-order valence-electron chi connectivity index (χ2n) is 5.50. The van der Waals surface area contributed by atoms with E-state index in [0.29, 0.717) is 6.61 Å². The summed E-state index contributed by atoms with van der Waals surface area (Å²) in [6.07, 6.45) is 0.946. The average molecular weight is 308 g/mol. The van der Waals surface area contributed by atoms with Crippen LogP contribution in [0.1, 0.15) is 30.5 Å². The first-order valence-electron chi connectivity index (χ1n) is 7.55. The lowest BCUT2D eigenvalue weighted by Crippen LogP contribution is -2.00. The van der Waals surface area contributed by atoms with Crippen molar-refractivity contribution >= 4 is 27.0 Å². The molecule has 1 aromatic heterocycles. The predicted octanol–water partition coefficient (Wildman–Crippen LogP) is 6.08. The lowest BCUT2D eigenvalue weighted by molar-refractivity contribution is 0.303. The molecule has 0 aliphatic heterocycles. The summed E-state index contributed by atoms with van der Waals surface area (Å²) in [5, 5.41) is 3.42. The topological polar surface area (TPSA) is 9.23 Å². The predicted molar refractivity (Wildman–Crippen MR) is 96.7 cm³/mol. The maximum Gasteiger partial charge on any atom is 0.123 e. The second-order valence-corrected chi connectivity index (χ2v) is 6.45. The lowest BCUT2D eigenvalue weighted by Gasteiger charge is -2.14. The Morgan fingerprint density at radius 3 is 2.82 bits per heavy atom. The van der Waals surface area contributed by atoms with Crippen LogP contribution in [0.25, 0.3) is 15.7 Å². The van der Waals surface area contributed by atoms with Gasteiger partial charge in [0.2, 0.25) is 0 Å². The summed E-state index contributed by atoms with van der Waals surface area (Å²) in [4.78, 5) is 0. The van der Waals surface area contributed by atoms with E-state index in [9.17, 15) is 0 Å². The van der Waals surface area contributed by atoms with Crippen LogP contribution in [-0.2, 0) is 13.0 Å². The van der Waals surface area contributed by atoms with Gasteiger partial charge in [-0.25, -0.2) is 0 Å². The standard InChI is InChI=1S/C20H20OS/c1-4-17-18(14(2)3)6-5-7-19(17)21-13-15-8-9-20-16(12-15)10-11-22-20/h5-12H,2,4,13H2,1,3H3. The molecule has 0 saturated carbocycles. The van der Waals surface area contributed by atoms with Crippen LogP contribution in [0, 0.1) is 0 Å². The van der Waals surface area contributed by atoms with Crippen molar-refractivity contribution in [3.05, 3.63) is 71.1 Å². The van der Waals surface area contributed by atoms with E-state index in [4.69, 9.17) is 4.74 Å². The van der Waals surface area contributed by atoms with Crippen LogP contribution in [0.4, 0.5) is 0 Å². The number of thiophene rings is 1. The Balaban J connectivity index is 1.83. The molecule has 0 radical (unpaired) electrons. The molecule has 0 aliphatic rings. The largest absolute Gasteiger partial charge is 0.489 e. The second kappa shape index (κ2) is 6.37. The summed E-state index contributed by atoms with van der Waals surface area (Å²) in [6, 6.07) is 14.9. The Kier molecular flexibility index (Phi) is 4.30. The van der Waals surface area contributed by atoms with E-state index < -0.39 is 0 Å². The van der Waals surface area contributed by atoms with Gasteiger partial charge in [0.05, 0.1) is 0 Å². The number of rotatable bonds is 5. The third-order valence-corrected chi connectivity index (χ3v) is 4.76. The van der Waals surface area contributed by atoms with E-state index in [2.05, 4.69) is 49.2 Å². The molecular weight excluding hydrogens is 288 g/mol. The normalized spacial score (nSPS) is 10.8. The van der Waals surface area contributed by atoms with Crippen molar-refractivity contribution in [3.63, 3.8) is 0 Å². The highest BCUT2D eigenvalue weighted by Crippen LogP contribution is 2.28. The van der Waals surface area contributed by atoms with Crippen molar-refractivity contribution in [3.8, 4) is 5.75 Å². The number of hydrogen-bond acceptors (Lipinski definition) is 2. The van der Waals surface area contributed by atoms with Gasteiger partial charge in [-0.2, -0.15) is 0 Å². The van der Waals surface area contributed by atoms with Crippen molar-refractivity contribution in [2.45, 2.75) is 26.9 Å². The average Bonchev–Trinajstić information content (AvgIpc) is 2.99. The number of hydrogen-bond donors (Lipinski definition) is 0. The molecule has 112 valence electrons. The summed E-state index contributed by atoms with van der Waals surface area (Å²) in [5.74, 6) is 0.966. The quantitative estimate of drug-likeness (QED) is 0.555. The molecule has 1 nitrogen and oxygen atoms in total. The Labute approximate surface area is 135 Å². The molecule has 0 saturated heterocycles. The molecule has 0 fully saturated rings. The fourth-order valence-electron chi connectivity index (χ4n) is 2.73. The molecule has 3 rings (SSSR count). The van der Waals surface area contributed by atoms with Crippen LogP contribution >= 0.6 is 11.3 Å². The van der Waals surface area contributed by atoms with E-state index >= 15 is 0 Å². The SMILES string of the molecule is C=C(C)c1cccc(OCc2ccc3sccc3c2)c1CC. The molecular formula is C20H20OS. The van der Waals surface area contributed by atoms with Crippen LogP contribution in [0.5, 0.6) is 5.75 Å². The zero-order chi connectivity index (χ0) is 15.5. The number of benzene rings is 2.